The summed E-state index contributed by atoms with van der Waals surface area (Å²) in [6.07, 6.45) is -0.170. The predicted octanol–water partition coefficient (Wildman–Crippen LogP) is 2.30. The van der Waals surface area contributed by atoms with Gasteiger partial charge in [0.15, 0.2) is 6.29 Å². The van der Waals surface area contributed by atoms with Gasteiger partial charge in [0.2, 0.25) is 0 Å². The summed E-state index contributed by atoms with van der Waals surface area (Å²) in [4.78, 5) is 11.3. The van der Waals surface area contributed by atoms with Crippen LogP contribution in [0.3, 0.4) is 0 Å². The number of amides is 1. The van der Waals surface area contributed by atoms with Gasteiger partial charge in [-0.3, -0.25) is 0 Å². The first kappa shape index (κ1) is 16.2. The van der Waals surface area contributed by atoms with Crippen molar-refractivity contribution < 1.29 is 19.0 Å². The van der Waals surface area contributed by atoms with Crippen molar-refractivity contribution in [1.82, 2.24) is 5.32 Å². The maximum Gasteiger partial charge on any atom is 0.407 e. The highest BCUT2D eigenvalue weighted by molar-refractivity contribution is 5.67. The molecule has 1 amide bonds. The number of rotatable bonds is 7. The maximum absolute atomic E-state index is 11.3. The van der Waals surface area contributed by atoms with Gasteiger partial charge in [-0.05, 0) is 34.6 Å². The SMILES string of the molecule is CCOC(CCOC(=O)NC(C)(C)C)OCC. The molecule has 5 heteroatoms. The van der Waals surface area contributed by atoms with Crippen molar-refractivity contribution in [3.05, 3.63) is 0 Å². The molecule has 0 aliphatic rings. The van der Waals surface area contributed by atoms with E-state index in [-0.39, 0.29) is 18.4 Å². The van der Waals surface area contributed by atoms with Gasteiger partial charge in [0.25, 0.3) is 0 Å². The Balaban J connectivity index is 3.76. The largest absolute Gasteiger partial charge is 0.449 e. The first-order valence-electron chi connectivity index (χ1n) is 6.07. The van der Waals surface area contributed by atoms with E-state index in [1.54, 1.807) is 0 Å². The fraction of sp³-hybridized carbons (Fsp3) is 0.917. The Morgan fingerprint density at radius 3 is 2.12 bits per heavy atom. The van der Waals surface area contributed by atoms with Crippen LogP contribution in [0.4, 0.5) is 4.79 Å². The Kier molecular flexibility index (Phi) is 7.91. The Morgan fingerprint density at radius 1 is 1.18 bits per heavy atom. The van der Waals surface area contributed by atoms with Crippen LogP contribution in [0.2, 0.25) is 0 Å². The molecular formula is C12H25NO4. The monoisotopic (exact) mass is 247 g/mol. The van der Waals surface area contributed by atoms with Gasteiger partial charge >= 0.3 is 6.09 Å². The zero-order chi connectivity index (χ0) is 13.3. The van der Waals surface area contributed by atoms with E-state index in [9.17, 15) is 4.79 Å². The molecule has 0 aliphatic carbocycles. The summed E-state index contributed by atoms with van der Waals surface area (Å²) in [6, 6.07) is 0. The molecule has 5 nitrogen and oxygen atoms in total. The maximum atomic E-state index is 11.3. The summed E-state index contributed by atoms with van der Waals surface area (Å²) in [7, 11) is 0. The molecule has 0 heterocycles. The topological polar surface area (TPSA) is 56.8 Å². The summed E-state index contributed by atoms with van der Waals surface area (Å²) in [5.74, 6) is 0. The minimum absolute atomic E-state index is 0.281. The predicted molar refractivity (Wildman–Crippen MR) is 65.9 cm³/mol. The van der Waals surface area contributed by atoms with Crippen LogP contribution in [0.1, 0.15) is 41.0 Å². The molecule has 0 aromatic heterocycles. The van der Waals surface area contributed by atoms with Crippen molar-refractivity contribution in [2.45, 2.75) is 52.9 Å². The van der Waals surface area contributed by atoms with Crippen LogP contribution in [0.5, 0.6) is 0 Å². The van der Waals surface area contributed by atoms with Crippen LogP contribution in [0.25, 0.3) is 0 Å². The zero-order valence-corrected chi connectivity index (χ0v) is 11.5. The molecule has 0 fully saturated rings. The number of alkyl carbamates (subject to hydrolysis) is 1. The first-order valence-corrected chi connectivity index (χ1v) is 6.07. The quantitative estimate of drug-likeness (QED) is 0.701. The molecule has 1 N–H and O–H groups in total. The van der Waals surface area contributed by atoms with Crippen LogP contribution >= 0.6 is 0 Å². The van der Waals surface area contributed by atoms with Gasteiger partial charge in [0, 0.05) is 25.2 Å². The highest BCUT2D eigenvalue weighted by atomic mass is 16.7. The average molecular weight is 247 g/mol. The average Bonchev–Trinajstić information content (AvgIpc) is 2.15. The molecule has 0 radical (unpaired) electrons. The Labute approximate surface area is 104 Å². The second-order valence-corrected chi connectivity index (χ2v) is 4.64. The molecule has 0 aromatic rings. The van der Waals surface area contributed by atoms with E-state index in [2.05, 4.69) is 5.32 Å². The van der Waals surface area contributed by atoms with Crippen molar-refractivity contribution in [3.63, 3.8) is 0 Å². The van der Waals surface area contributed by atoms with Crippen molar-refractivity contribution >= 4 is 6.09 Å². The van der Waals surface area contributed by atoms with E-state index in [1.165, 1.54) is 0 Å². The van der Waals surface area contributed by atoms with Gasteiger partial charge in [-0.15, -0.1) is 0 Å². The Bertz CT molecular complexity index is 207. The molecular weight excluding hydrogens is 222 g/mol. The lowest BCUT2D eigenvalue weighted by atomic mass is 10.1. The number of hydrogen-bond acceptors (Lipinski definition) is 4. The summed E-state index contributed by atoms with van der Waals surface area (Å²) >= 11 is 0. The summed E-state index contributed by atoms with van der Waals surface area (Å²) in [6.45, 7) is 11.0. The summed E-state index contributed by atoms with van der Waals surface area (Å²) in [5.41, 5.74) is -0.281. The van der Waals surface area contributed by atoms with Crippen molar-refractivity contribution in [2.24, 2.45) is 0 Å². The van der Waals surface area contributed by atoms with Crippen LogP contribution in [-0.2, 0) is 14.2 Å². The third-order valence-electron chi connectivity index (χ3n) is 1.77. The molecule has 0 atom stereocenters. The molecule has 0 bridgehead atoms. The number of ether oxygens (including phenoxy) is 3. The van der Waals surface area contributed by atoms with E-state index < -0.39 is 6.09 Å². The normalized spacial score (nSPS) is 11.6. The molecule has 17 heavy (non-hydrogen) atoms. The van der Waals surface area contributed by atoms with Gasteiger partial charge < -0.3 is 19.5 Å². The lowest BCUT2D eigenvalue weighted by Crippen LogP contribution is -2.41. The minimum atomic E-state index is -0.413. The van der Waals surface area contributed by atoms with Crippen molar-refractivity contribution in [1.29, 1.82) is 0 Å². The molecule has 0 spiro atoms. The molecule has 102 valence electrons. The smallest absolute Gasteiger partial charge is 0.407 e. The Morgan fingerprint density at radius 2 is 1.71 bits per heavy atom. The lowest BCUT2D eigenvalue weighted by molar-refractivity contribution is -0.143. The van der Waals surface area contributed by atoms with Gasteiger partial charge in [-0.1, -0.05) is 0 Å². The molecule has 0 unspecified atom stereocenters. The molecule has 0 rings (SSSR count). The van der Waals surface area contributed by atoms with E-state index in [0.29, 0.717) is 19.6 Å². The molecule has 0 saturated carbocycles. The van der Waals surface area contributed by atoms with E-state index in [4.69, 9.17) is 14.2 Å². The van der Waals surface area contributed by atoms with Crippen LogP contribution in [-0.4, -0.2) is 37.7 Å². The summed E-state index contributed by atoms with van der Waals surface area (Å²) in [5, 5.41) is 2.71. The molecule has 0 saturated heterocycles. The second-order valence-electron chi connectivity index (χ2n) is 4.64. The number of carbonyl (C=O) groups is 1. The van der Waals surface area contributed by atoms with E-state index in [1.807, 2.05) is 34.6 Å². The van der Waals surface area contributed by atoms with Crippen LogP contribution < -0.4 is 5.32 Å². The lowest BCUT2D eigenvalue weighted by Gasteiger charge is -2.21. The minimum Gasteiger partial charge on any atom is -0.449 e. The molecule has 0 aliphatic heterocycles. The zero-order valence-electron chi connectivity index (χ0n) is 11.5. The number of carbonyl (C=O) groups excluding carboxylic acids is 1. The van der Waals surface area contributed by atoms with Crippen molar-refractivity contribution in [3.8, 4) is 0 Å². The fourth-order valence-electron chi connectivity index (χ4n) is 1.18. The third-order valence-corrected chi connectivity index (χ3v) is 1.77. The highest BCUT2D eigenvalue weighted by Gasteiger charge is 2.15. The first-order chi connectivity index (χ1) is 7.89. The number of hydrogen-bond donors (Lipinski definition) is 1. The Hall–Kier alpha value is -0.810. The number of nitrogens with one attached hydrogen (secondary N) is 1. The highest BCUT2D eigenvalue weighted by Crippen LogP contribution is 2.03. The van der Waals surface area contributed by atoms with E-state index >= 15 is 0 Å². The standard InChI is InChI=1S/C12H25NO4/c1-6-15-10(16-7-2)8-9-17-11(14)13-12(3,4)5/h10H,6-9H2,1-5H3,(H,13,14). The summed E-state index contributed by atoms with van der Waals surface area (Å²) < 4.78 is 15.7. The fourth-order valence-corrected chi connectivity index (χ4v) is 1.18. The van der Waals surface area contributed by atoms with Gasteiger partial charge in [0.05, 0.1) is 6.61 Å². The second kappa shape index (κ2) is 8.31. The van der Waals surface area contributed by atoms with Gasteiger partial charge in [-0.25, -0.2) is 4.79 Å². The van der Waals surface area contributed by atoms with Crippen molar-refractivity contribution in [2.75, 3.05) is 19.8 Å². The van der Waals surface area contributed by atoms with E-state index in [0.717, 1.165) is 0 Å². The van der Waals surface area contributed by atoms with Gasteiger partial charge in [0.1, 0.15) is 0 Å². The van der Waals surface area contributed by atoms with Crippen LogP contribution in [0, 0.1) is 0 Å². The third kappa shape index (κ3) is 10.1. The van der Waals surface area contributed by atoms with Gasteiger partial charge in [-0.2, -0.15) is 0 Å². The molecule has 0 aromatic carbocycles. The van der Waals surface area contributed by atoms with Crippen LogP contribution in [0.15, 0.2) is 0 Å².